The zero-order chi connectivity index (χ0) is 22.4. The van der Waals surface area contributed by atoms with Gasteiger partial charge < -0.3 is 14.3 Å². The average molecular weight is 422 g/mol. The van der Waals surface area contributed by atoms with Crippen molar-refractivity contribution in [3.63, 3.8) is 0 Å². The molecule has 3 aromatic rings. The quantitative estimate of drug-likeness (QED) is 0.486. The van der Waals surface area contributed by atoms with Crippen molar-refractivity contribution in [2.45, 2.75) is 59.2 Å². The van der Waals surface area contributed by atoms with Crippen LogP contribution in [-0.4, -0.2) is 29.3 Å². The summed E-state index contributed by atoms with van der Waals surface area (Å²) in [7, 11) is 0. The van der Waals surface area contributed by atoms with E-state index in [2.05, 4.69) is 56.0 Å². The number of rotatable bonds is 9. The van der Waals surface area contributed by atoms with Gasteiger partial charge in [-0.25, -0.2) is 0 Å². The van der Waals surface area contributed by atoms with Crippen molar-refractivity contribution < 1.29 is 14.3 Å². The molecule has 2 aromatic carbocycles. The van der Waals surface area contributed by atoms with Gasteiger partial charge in [-0.2, -0.15) is 0 Å². The predicted molar refractivity (Wildman–Crippen MR) is 125 cm³/mol. The first-order valence-corrected chi connectivity index (χ1v) is 10.9. The van der Waals surface area contributed by atoms with Crippen LogP contribution in [0.25, 0.3) is 0 Å². The molecule has 1 atom stereocenters. The molecule has 0 saturated heterocycles. The monoisotopic (exact) mass is 421 g/mol. The summed E-state index contributed by atoms with van der Waals surface area (Å²) in [5, 5.41) is 10.7. The normalized spacial score (nSPS) is 12.9. The standard InChI is InChI=1S/C27H35NO3/c1-20-13-21(2)15-26(14-20)31-19-24(29)17-28(18-25-7-6-12-30-25)16-22-8-10-23(11-9-22)27(3,4)5/h6-15,24,29H,16-19H2,1-5H3. The van der Waals surface area contributed by atoms with Gasteiger partial charge in [-0.3, -0.25) is 4.90 Å². The van der Waals surface area contributed by atoms with Crippen molar-refractivity contribution in [3.05, 3.63) is 88.9 Å². The molecule has 1 heterocycles. The van der Waals surface area contributed by atoms with E-state index in [4.69, 9.17) is 9.15 Å². The van der Waals surface area contributed by atoms with Gasteiger partial charge in [0, 0.05) is 13.1 Å². The van der Waals surface area contributed by atoms with E-state index in [9.17, 15) is 5.11 Å². The summed E-state index contributed by atoms with van der Waals surface area (Å²) in [6.45, 7) is 12.9. The van der Waals surface area contributed by atoms with Crippen LogP contribution in [0.5, 0.6) is 5.75 Å². The fourth-order valence-electron chi connectivity index (χ4n) is 3.74. The van der Waals surface area contributed by atoms with Gasteiger partial charge >= 0.3 is 0 Å². The molecule has 0 bridgehead atoms. The fraction of sp³-hybridized carbons (Fsp3) is 0.407. The number of furan rings is 1. The van der Waals surface area contributed by atoms with E-state index in [0.717, 1.165) is 29.2 Å². The van der Waals surface area contributed by atoms with Crippen LogP contribution >= 0.6 is 0 Å². The summed E-state index contributed by atoms with van der Waals surface area (Å²) in [4.78, 5) is 2.19. The van der Waals surface area contributed by atoms with Gasteiger partial charge in [0.25, 0.3) is 0 Å². The number of aryl methyl sites for hydroxylation is 2. The highest BCUT2D eigenvalue weighted by Gasteiger charge is 2.17. The van der Waals surface area contributed by atoms with Crippen LogP contribution in [0.1, 0.15) is 48.8 Å². The predicted octanol–water partition coefficient (Wildman–Crippen LogP) is 5.64. The Kier molecular flexibility index (Phi) is 7.58. The smallest absolute Gasteiger partial charge is 0.119 e. The lowest BCUT2D eigenvalue weighted by Crippen LogP contribution is -2.35. The van der Waals surface area contributed by atoms with E-state index in [1.54, 1.807) is 6.26 Å². The number of hydrogen-bond acceptors (Lipinski definition) is 4. The van der Waals surface area contributed by atoms with Crippen molar-refractivity contribution in [2.75, 3.05) is 13.2 Å². The topological polar surface area (TPSA) is 45.8 Å². The molecule has 0 fully saturated rings. The van der Waals surface area contributed by atoms with Crippen LogP contribution in [0.3, 0.4) is 0 Å². The molecule has 3 rings (SSSR count). The second-order valence-corrected chi connectivity index (χ2v) is 9.48. The zero-order valence-electron chi connectivity index (χ0n) is 19.4. The van der Waals surface area contributed by atoms with Crippen LogP contribution in [-0.2, 0) is 18.5 Å². The Morgan fingerprint density at radius 2 is 1.65 bits per heavy atom. The van der Waals surface area contributed by atoms with Gasteiger partial charge in [0.15, 0.2) is 0 Å². The maximum atomic E-state index is 10.7. The number of nitrogens with zero attached hydrogens (tertiary/aromatic N) is 1. The first-order valence-electron chi connectivity index (χ1n) is 10.9. The number of aliphatic hydroxyl groups is 1. The number of ether oxygens (including phenoxy) is 1. The third kappa shape index (κ3) is 7.27. The van der Waals surface area contributed by atoms with E-state index < -0.39 is 6.10 Å². The molecule has 166 valence electrons. The molecule has 0 aliphatic carbocycles. The van der Waals surface area contributed by atoms with Crippen molar-refractivity contribution >= 4 is 0 Å². The second kappa shape index (κ2) is 10.2. The van der Waals surface area contributed by atoms with Gasteiger partial charge in [-0.05, 0) is 65.8 Å². The maximum Gasteiger partial charge on any atom is 0.119 e. The Morgan fingerprint density at radius 3 is 2.23 bits per heavy atom. The molecule has 31 heavy (non-hydrogen) atoms. The SMILES string of the molecule is Cc1cc(C)cc(OCC(O)CN(Cc2ccc(C(C)(C)C)cc2)Cc2ccco2)c1. The summed E-state index contributed by atoms with van der Waals surface area (Å²) in [6.07, 6.45) is 1.08. The Balaban J connectivity index is 1.64. The van der Waals surface area contributed by atoms with Crippen molar-refractivity contribution in [1.82, 2.24) is 4.90 Å². The summed E-state index contributed by atoms with van der Waals surface area (Å²) in [6, 6.07) is 18.7. The highest BCUT2D eigenvalue weighted by molar-refractivity contribution is 5.33. The van der Waals surface area contributed by atoms with Crippen molar-refractivity contribution in [2.24, 2.45) is 0 Å². The molecular weight excluding hydrogens is 386 g/mol. The van der Waals surface area contributed by atoms with Crippen molar-refractivity contribution in [1.29, 1.82) is 0 Å². The van der Waals surface area contributed by atoms with E-state index in [-0.39, 0.29) is 12.0 Å². The third-order valence-electron chi connectivity index (χ3n) is 5.29. The lowest BCUT2D eigenvalue weighted by atomic mass is 9.87. The van der Waals surface area contributed by atoms with Gasteiger partial charge in [-0.15, -0.1) is 0 Å². The Bertz CT molecular complexity index is 919. The fourth-order valence-corrected chi connectivity index (χ4v) is 3.74. The summed E-state index contributed by atoms with van der Waals surface area (Å²) < 4.78 is 11.4. The minimum Gasteiger partial charge on any atom is -0.491 e. The van der Waals surface area contributed by atoms with Gasteiger partial charge in [-0.1, -0.05) is 51.1 Å². The van der Waals surface area contributed by atoms with E-state index in [1.807, 2.05) is 38.1 Å². The number of aliphatic hydroxyl groups excluding tert-OH is 1. The molecule has 0 saturated carbocycles. The molecule has 0 radical (unpaired) electrons. The molecular formula is C27H35NO3. The maximum absolute atomic E-state index is 10.7. The summed E-state index contributed by atoms with van der Waals surface area (Å²) in [5.74, 6) is 1.68. The van der Waals surface area contributed by atoms with Crippen LogP contribution < -0.4 is 4.74 Å². The van der Waals surface area contributed by atoms with Crippen LogP contribution in [0, 0.1) is 13.8 Å². The molecule has 0 amide bonds. The first-order chi connectivity index (χ1) is 14.7. The van der Waals surface area contributed by atoms with Gasteiger partial charge in [0.1, 0.15) is 24.2 Å². The lowest BCUT2D eigenvalue weighted by molar-refractivity contribution is 0.0604. The molecule has 4 heteroatoms. The molecule has 1 N–H and O–H groups in total. The molecule has 0 aliphatic heterocycles. The molecule has 1 aromatic heterocycles. The molecule has 4 nitrogen and oxygen atoms in total. The minimum absolute atomic E-state index is 0.133. The molecule has 0 spiro atoms. The minimum atomic E-state index is -0.607. The lowest BCUT2D eigenvalue weighted by Gasteiger charge is -2.25. The van der Waals surface area contributed by atoms with Crippen LogP contribution in [0.2, 0.25) is 0 Å². The Morgan fingerprint density at radius 1 is 0.968 bits per heavy atom. The van der Waals surface area contributed by atoms with E-state index in [0.29, 0.717) is 13.1 Å². The number of benzene rings is 2. The average Bonchev–Trinajstić information content (AvgIpc) is 3.18. The second-order valence-electron chi connectivity index (χ2n) is 9.48. The summed E-state index contributed by atoms with van der Waals surface area (Å²) in [5.41, 5.74) is 4.97. The van der Waals surface area contributed by atoms with Crippen LogP contribution in [0.4, 0.5) is 0 Å². The van der Waals surface area contributed by atoms with Crippen molar-refractivity contribution in [3.8, 4) is 5.75 Å². The number of hydrogen-bond donors (Lipinski definition) is 1. The van der Waals surface area contributed by atoms with Gasteiger partial charge in [0.2, 0.25) is 0 Å². The highest BCUT2D eigenvalue weighted by atomic mass is 16.5. The van der Waals surface area contributed by atoms with E-state index in [1.165, 1.54) is 11.1 Å². The van der Waals surface area contributed by atoms with E-state index >= 15 is 0 Å². The van der Waals surface area contributed by atoms with Crippen LogP contribution in [0.15, 0.2) is 65.3 Å². The summed E-state index contributed by atoms with van der Waals surface area (Å²) >= 11 is 0. The highest BCUT2D eigenvalue weighted by Crippen LogP contribution is 2.23. The van der Waals surface area contributed by atoms with Gasteiger partial charge in [0.05, 0.1) is 12.8 Å². The largest absolute Gasteiger partial charge is 0.491 e. The first kappa shape index (κ1) is 23.1. The molecule has 1 unspecified atom stereocenters. The Labute approximate surface area is 186 Å². The molecule has 0 aliphatic rings. The zero-order valence-corrected chi connectivity index (χ0v) is 19.4. The third-order valence-corrected chi connectivity index (χ3v) is 5.29. The Hall–Kier alpha value is -2.56.